The highest BCUT2D eigenvalue weighted by atomic mass is 35.5. The molecule has 5 nitrogen and oxygen atoms in total. The zero-order valence-electron chi connectivity index (χ0n) is 12.7. The van der Waals surface area contributed by atoms with Gasteiger partial charge in [0.2, 0.25) is 0 Å². The van der Waals surface area contributed by atoms with Crippen LogP contribution in [0.15, 0.2) is 18.2 Å². The Morgan fingerprint density at radius 3 is 2.55 bits per heavy atom. The molecule has 0 radical (unpaired) electrons. The van der Waals surface area contributed by atoms with Gasteiger partial charge >= 0.3 is 6.03 Å². The average Bonchev–Trinajstić information content (AvgIpc) is 2.65. The summed E-state index contributed by atoms with van der Waals surface area (Å²) in [5.74, 6) is -0.330. The van der Waals surface area contributed by atoms with Gasteiger partial charge in [-0.1, -0.05) is 29.3 Å². The molecule has 1 aromatic rings. The molecule has 0 aromatic heterocycles. The molecule has 7 heteroatoms. The largest absolute Gasteiger partial charge is 0.377 e. The number of ether oxygens (including phenoxy) is 1. The number of carbonyl (C=O) groups is 2. The number of nitrogens with zero attached hydrogens (tertiary/aromatic N) is 1. The van der Waals surface area contributed by atoms with Crippen LogP contribution in [0.3, 0.4) is 0 Å². The fourth-order valence-corrected chi connectivity index (χ4v) is 2.58. The highest BCUT2D eigenvalue weighted by Crippen LogP contribution is 2.32. The van der Waals surface area contributed by atoms with Crippen LogP contribution in [0.4, 0.5) is 4.79 Å². The van der Waals surface area contributed by atoms with Crippen molar-refractivity contribution in [2.45, 2.75) is 32.4 Å². The predicted molar refractivity (Wildman–Crippen MR) is 85.1 cm³/mol. The zero-order chi connectivity index (χ0) is 16.5. The summed E-state index contributed by atoms with van der Waals surface area (Å²) in [5, 5.41) is 3.44. The number of nitrogens with one attached hydrogen (secondary N) is 1. The molecular formula is C15H18Cl2N2O3. The van der Waals surface area contributed by atoms with E-state index in [0.29, 0.717) is 22.2 Å². The monoisotopic (exact) mass is 344 g/mol. The second kappa shape index (κ2) is 6.44. The SMILES string of the molecule is CC(C)OCCN1C(=O)N[C@](C)(c2ccc(Cl)c(Cl)c2)C1=O. The number of hydrogen-bond acceptors (Lipinski definition) is 3. The van der Waals surface area contributed by atoms with Crippen molar-refractivity contribution in [2.75, 3.05) is 13.2 Å². The lowest BCUT2D eigenvalue weighted by Gasteiger charge is -2.22. The van der Waals surface area contributed by atoms with Crippen molar-refractivity contribution in [3.63, 3.8) is 0 Å². The second-order valence-corrected chi connectivity index (χ2v) is 6.37. The van der Waals surface area contributed by atoms with E-state index in [0.717, 1.165) is 4.90 Å². The molecule has 120 valence electrons. The van der Waals surface area contributed by atoms with Gasteiger partial charge in [-0.15, -0.1) is 0 Å². The fourth-order valence-electron chi connectivity index (χ4n) is 2.28. The van der Waals surface area contributed by atoms with E-state index >= 15 is 0 Å². The lowest BCUT2D eigenvalue weighted by Crippen LogP contribution is -2.41. The van der Waals surface area contributed by atoms with Gasteiger partial charge in [0.25, 0.3) is 5.91 Å². The van der Waals surface area contributed by atoms with Crippen molar-refractivity contribution in [3.8, 4) is 0 Å². The Morgan fingerprint density at radius 2 is 1.95 bits per heavy atom. The smallest absolute Gasteiger partial charge is 0.325 e. The molecule has 1 saturated heterocycles. The molecule has 1 fully saturated rings. The highest BCUT2D eigenvalue weighted by Gasteiger charge is 2.48. The summed E-state index contributed by atoms with van der Waals surface area (Å²) < 4.78 is 5.40. The van der Waals surface area contributed by atoms with Crippen LogP contribution in [0.1, 0.15) is 26.3 Å². The first-order chi connectivity index (χ1) is 10.3. The summed E-state index contributed by atoms with van der Waals surface area (Å²) in [6.07, 6.45) is 0.0437. The van der Waals surface area contributed by atoms with Crippen LogP contribution < -0.4 is 5.32 Å². The number of carbonyl (C=O) groups excluding carboxylic acids is 2. The Morgan fingerprint density at radius 1 is 1.27 bits per heavy atom. The predicted octanol–water partition coefficient (Wildman–Crippen LogP) is 3.19. The molecular weight excluding hydrogens is 327 g/mol. The van der Waals surface area contributed by atoms with Gasteiger partial charge in [0.15, 0.2) is 0 Å². The quantitative estimate of drug-likeness (QED) is 0.834. The molecule has 1 aromatic carbocycles. The number of urea groups is 1. The molecule has 1 N–H and O–H groups in total. The van der Waals surface area contributed by atoms with Crippen LogP contribution in [0.5, 0.6) is 0 Å². The van der Waals surface area contributed by atoms with Crippen LogP contribution in [-0.2, 0) is 15.1 Å². The maximum absolute atomic E-state index is 12.6. The van der Waals surface area contributed by atoms with Crippen LogP contribution in [-0.4, -0.2) is 36.1 Å². The van der Waals surface area contributed by atoms with Crippen molar-refractivity contribution in [1.82, 2.24) is 10.2 Å². The number of hydrogen-bond donors (Lipinski definition) is 1. The van der Waals surface area contributed by atoms with Gasteiger partial charge in [-0.2, -0.15) is 0 Å². The third-order valence-electron chi connectivity index (χ3n) is 3.54. The normalized spacial score (nSPS) is 21.6. The van der Waals surface area contributed by atoms with Crippen LogP contribution in [0, 0.1) is 0 Å². The summed E-state index contributed by atoms with van der Waals surface area (Å²) in [6, 6.07) is 4.44. The third kappa shape index (κ3) is 3.21. The van der Waals surface area contributed by atoms with Gasteiger partial charge in [-0.05, 0) is 38.5 Å². The fraction of sp³-hybridized carbons (Fsp3) is 0.467. The number of halogens is 2. The lowest BCUT2D eigenvalue weighted by atomic mass is 9.92. The Balaban J connectivity index is 2.20. The van der Waals surface area contributed by atoms with E-state index in [9.17, 15) is 9.59 Å². The van der Waals surface area contributed by atoms with Gasteiger partial charge in [-0.3, -0.25) is 9.69 Å². The summed E-state index contributed by atoms with van der Waals surface area (Å²) >= 11 is 11.9. The molecule has 22 heavy (non-hydrogen) atoms. The van der Waals surface area contributed by atoms with Gasteiger partial charge in [-0.25, -0.2) is 4.79 Å². The minimum absolute atomic E-state index is 0.0437. The molecule has 1 aliphatic heterocycles. The van der Waals surface area contributed by atoms with Crippen LogP contribution in [0.25, 0.3) is 0 Å². The zero-order valence-corrected chi connectivity index (χ0v) is 14.2. The Bertz CT molecular complexity index is 606. The van der Waals surface area contributed by atoms with Crippen molar-refractivity contribution in [3.05, 3.63) is 33.8 Å². The molecule has 2 rings (SSSR count). The molecule has 1 atom stereocenters. The Hall–Kier alpha value is -1.30. The number of imide groups is 1. The summed E-state index contributed by atoms with van der Waals surface area (Å²) in [5.41, 5.74) is -0.559. The maximum atomic E-state index is 12.6. The first-order valence-corrected chi connectivity index (χ1v) is 7.72. The minimum atomic E-state index is -1.15. The molecule has 1 heterocycles. The second-order valence-electron chi connectivity index (χ2n) is 5.56. The van der Waals surface area contributed by atoms with E-state index in [1.165, 1.54) is 0 Å². The summed E-state index contributed by atoms with van der Waals surface area (Å²) in [7, 11) is 0. The standard InChI is InChI=1S/C15H18Cl2N2O3/c1-9(2)22-7-6-19-13(20)15(3,18-14(19)21)10-4-5-11(16)12(17)8-10/h4-5,8-9H,6-7H2,1-3H3,(H,18,21)/t15-/m1/s1. The van der Waals surface area contributed by atoms with Gasteiger partial charge < -0.3 is 10.1 Å². The molecule has 0 aliphatic carbocycles. The highest BCUT2D eigenvalue weighted by molar-refractivity contribution is 6.42. The molecule has 1 aliphatic rings. The minimum Gasteiger partial charge on any atom is -0.377 e. The van der Waals surface area contributed by atoms with Gasteiger partial charge in [0.05, 0.1) is 29.3 Å². The van der Waals surface area contributed by atoms with Crippen molar-refractivity contribution in [1.29, 1.82) is 0 Å². The number of rotatable bonds is 5. The van der Waals surface area contributed by atoms with E-state index < -0.39 is 11.6 Å². The molecule has 0 saturated carbocycles. The molecule has 0 spiro atoms. The Kier molecular flexibility index (Phi) is 5.00. The number of benzene rings is 1. The Labute approximate surface area is 139 Å². The van der Waals surface area contributed by atoms with Crippen molar-refractivity contribution >= 4 is 35.1 Å². The first kappa shape index (κ1) is 17.1. The van der Waals surface area contributed by atoms with E-state index in [1.807, 2.05) is 13.8 Å². The van der Waals surface area contributed by atoms with Crippen LogP contribution in [0.2, 0.25) is 10.0 Å². The first-order valence-electron chi connectivity index (χ1n) is 6.97. The van der Waals surface area contributed by atoms with Crippen molar-refractivity contribution in [2.24, 2.45) is 0 Å². The summed E-state index contributed by atoms with van der Waals surface area (Å²) in [6.45, 7) is 5.95. The van der Waals surface area contributed by atoms with E-state index in [1.54, 1.807) is 25.1 Å². The van der Waals surface area contributed by atoms with Crippen LogP contribution >= 0.6 is 23.2 Å². The summed E-state index contributed by atoms with van der Waals surface area (Å²) in [4.78, 5) is 25.9. The molecule has 0 bridgehead atoms. The molecule has 3 amide bonds. The maximum Gasteiger partial charge on any atom is 0.325 e. The van der Waals surface area contributed by atoms with E-state index in [-0.39, 0.29) is 18.6 Å². The lowest BCUT2D eigenvalue weighted by molar-refractivity contribution is -0.131. The van der Waals surface area contributed by atoms with Gasteiger partial charge in [0, 0.05) is 0 Å². The topological polar surface area (TPSA) is 58.6 Å². The third-order valence-corrected chi connectivity index (χ3v) is 4.28. The van der Waals surface area contributed by atoms with Crippen molar-refractivity contribution < 1.29 is 14.3 Å². The average molecular weight is 345 g/mol. The number of amides is 3. The van der Waals surface area contributed by atoms with E-state index in [2.05, 4.69) is 5.32 Å². The van der Waals surface area contributed by atoms with E-state index in [4.69, 9.17) is 27.9 Å². The molecule has 0 unspecified atom stereocenters. The van der Waals surface area contributed by atoms with Gasteiger partial charge in [0.1, 0.15) is 5.54 Å².